The van der Waals surface area contributed by atoms with Gasteiger partial charge in [0.15, 0.2) is 11.6 Å². The first-order valence-electron chi connectivity index (χ1n) is 12.4. The van der Waals surface area contributed by atoms with Crippen molar-refractivity contribution in [3.05, 3.63) is 24.2 Å². The van der Waals surface area contributed by atoms with Crippen LogP contribution in [-0.2, 0) is 33.4 Å². The molecule has 0 bridgehead atoms. The van der Waals surface area contributed by atoms with Crippen LogP contribution in [0.25, 0.3) is 0 Å². The number of methoxy groups -OCH3 is 1. The normalized spacial score (nSPS) is 44.1. The fourth-order valence-corrected chi connectivity index (χ4v) is 8.75. The summed E-state index contributed by atoms with van der Waals surface area (Å²) in [5, 5.41) is 12.2. The van der Waals surface area contributed by atoms with E-state index in [0.717, 1.165) is 7.11 Å². The maximum atomic E-state index is 14.8. The molecule has 10 heteroatoms. The Bertz CT molecular complexity index is 1230. The summed E-state index contributed by atoms with van der Waals surface area (Å²) in [6, 6.07) is 1.40. The summed E-state index contributed by atoms with van der Waals surface area (Å²) in [5.41, 5.74) is -9.83. The highest BCUT2D eigenvalue weighted by molar-refractivity contribution is 6.17. The number of fused-ring (bicyclic) bond motifs is 3. The molecule has 0 radical (unpaired) electrons. The van der Waals surface area contributed by atoms with Crippen LogP contribution in [0, 0.1) is 28.1 Å². The van der Waals surface area contributed by atoms with Gasteiger partial charge < -0.3 is 23.7 Å². The number of carbonyl (C=O) groups is 5. The molecule has 0 amide bonds. The van der Waals surface area contributed by atoms with Crippen LogP contribution in [0.4, 0.5) is 0 Å². The molecule has 2 aliphatic carbocycles. The lowest BCUT2D eigenvalue weighted by molar-refractivity contribution is -0.217. The lowest BCUT2D eigenvalue weighted by atomic mass is 9.53. The second kappa shape index (κ2) is 7.30. The second-order valence-electron chi connectivity index (χ2n) is 12.0. The van der Waals surface area contributed by atoms with E-state index in [1.807, 2.05) is 0 Å². The summed E-state index contributed by atoms with van der Waals surface area (Å²) in [6.07, 6.45) is 2.22. The Balaban J connectivity index is 1.78. The maximum absolute atomic E-state index is 14.8. The van der Waals surface area contributed by atoms with Crippen molar-refractivity contribution >= 4 is 29.5 Å². The molecule has 7 atom stereocenters. The number of ketones is 2. The van der Waals surface area contributed by atoms with Gasteiger partial charge in [0.05, 0.1) is 42.6 Å². The van der Waals surface area contributed by atoms with Crippen molar-refractivity contribution < 1.29 is 47.7 Å². The number of aliphatic hydroxyl groups is 1. The molecule has 7 unspecified atom stereocenters. The van der Waals surface area contributed by atoms with E-state index in [9.17, 15) is 29.1 Å². The zero-order valence-electron chi connectivity index (χ0n) is 21.8. The number of hydrogen-bond donors (Lipinski definition) is 1. The standard InChI is InChI=1S/C27H32O10/c1-22(2)26-12-18(29)37-25(26,5)15-7-9-23(3,19(30)14-8-10-35-13-14)27(33,21(32)34-6)20(31)24(15,4)16(26)11-17(28)36-22/h8,10,13,15-16,33H,7,9,11-12H2,1-6H3. The number of furan rings is 1. The smallest absolute Gasteiger partial charge is 0.346 e. The van der Waals surface area contributed by atoms with Gasteiger partial charge in [-0.2, -0.15) is 0 Å². The van der Waals surface area contributed by atoms with E-state index < -0.39 is 74.4 Å². The fraction of sp³-hybridized carbons (Fsp3) is 0.667. The zero-order chi connectivity index (χ0) is 27.4. The number of cyclic esters (lactones) is 1. The van der Waals surface area contributed by atoms with Crippen molar-refractivity contribution in [1.29, 1.82) is 0 Å². The molecule has 2 saturated carbocycles. The number of hydrogen-bond acceptors (Lipinski definition) is 10. The maximum Gasteiger partial charge on any atom is 0.346 e. The Morgan fingerprint density at radius 1 is 1.03 bits per heavy atom. The van der Waals surface area contributed by atoms with Crippen LogP contribution in [0.1, 0.15) is 70.7 Å². The van der Waals surface area contributed by atoms with Gasteiger partial charge in [-0.1, -0.05) is 6.92 Å². The first-order valence-corrected chi connectivity index (χ1v) is 12.4. The number of carbonyl (C=O) groups excluding carboxylic acids is 5. The summed E-state index contributed by atoms with van der Waals surface area (Å²) < 4.78 is 21.8. The van der Waals surface area contributed by atoms with E-state index in [0.29, 0.717) is 0 Å². The highest BCUT2D eigenvalue weighted by Gasteiger charge is 2.86. The quantitative estimate of drug-likeness (QED) is 0.275. The summed E-state index contributed by atoms with van der Waals surface area (Å²) in [7, 11) is 1.04. The van der Waals surface area contributed by atoms with Gasteiger partial charge in [-0.3, -0.25) is 19.2 Å². The molecule has 1 spiro atoms. The van der Waals surface area contributed by atoms with E-state index in [-0.39, 0.29) is 31.2 Å². The van der Waals surface area contributed by atoms with Gasteiger partial charge in [0, 0.05) is 11.3 Å². The first kappa shape index (κ1) is 25.6. The van der Waals surface area contributed by atoms with E-state index in [4.69, 9.17) is 18.6 Å². The lowest BCUT2D eigenvalue weighted by Gasteiger charge is -2.54. The van der Waals surface area contributed by atoms with Crippen molar-refractivity contribution in [3.8, 4) is 0 Å². The van der Waals surface area contributed by atoms with Crippen molar-refractivity contribution in [1.82, 2.24) is 0 Å². The summed E-state index contributed by atoms with van der Waals surface area (Å²) in [4.78, 5) is 67.6. The Kier molecular flexibility index (Phi) is 5.06. The van der Waals surface area contributed by atoms with Crippen LogP contribution in [0.15, 0.2) is 23.0 Å². The van der Waals surface area contributed by atoms with Crippen LogP contribution < -0.4 is 0 Å². The van der Waals surface area contributed by atoms with E-state index in [1.54, 1.807) is 27.7 Å². The number of esters is 3. The third-order valence-corrected chi connectivity index (χ3v) is 10.5. The molecule has 4 fully saturated rings. The molecule has 1 aromatic rings. The predicted molar refractivity (Wildman–Crippen MR) is 124 cm³/mol. The topological polar surface area (TPSA) is 146 Å². The lowest BCUT2D eigenvalue weighted by Crippen LogP contribution is -2.67. The minimum absolute atomic E-state index is 0.0876. The number of Topliss-reactive ketones (excluding diaryl/α,β-unsaturated/α-hetero) is 2. The molecular formula is C27H32O10. The average Bonchev–Trinajstić information content (AvgIpc) is 3.47. The Morgan fingerprint density at radius 2 is 1.70 bits per heavy atom. The largest absolute Gasteiger partial charge is 0.472 e. The van der Waals surface area contributed by atoms with Gasteiger partial charge in [-0.15, -0.1) is 0 Å². The van der Waals surface area contributed by atoms with Gasteiger partial charge in [0.25, 0.3) is 0 Å². The number of ether oxygens (including phenoxy) is 3. The molecule has 200 valence electrons. The molecule has 2 saturated heterocycles. The van der Waals surface area contributed by atoms with Crippen LogP contribution in [0.2, 0.25) is 0 Å². The highest BCUT2D eigenvalue weighted by atomic mass is 16.6. The van der Waals surface area contributed by atoms with E-state index >= 15 is 0 Å². The van der Waals surface area contributed by atoms with E-state index in [2.05, 4.69) is 0 Å². The summed E-state index contributed by atoms with van der Waals surface area (Å²) >= 11 is 0. The van der Waals surface area contributed by atoms with Gasteiger partial charge in [0.1, 0.15) is 17.5 Å². The molecular weight excluding hydrogens is 484 g/mol. The Labute approximate surface area is 214 Å². The Hall–Kier alpha value is -3.01. The third kappa shape index (κ3) is 2.62. The third-order valence-electron chi connectivity index (χ3n) is 10.5. The van der Waals surface area contributed by atoms with E-state index in [1.165, 1.54) is 25.5 Å². The average molecular weight is 517 g/mol. The molecule has 1 N–H and O–H groups in total. The van der Waals surface area contributed by atoms with Gasteiger partial charge >= 0.3 is 17.9 Å². The van der Waals surface area contributed by atoms with Crippen LogP contribution in [0.3, 0.4) is 0 Å². The Morgan fingerprint density at radius 3 is 2.30 bits per heavy atom. The summed E-state index contributed by atoms with van der Waals surface area (Å²) in [5.74, 6) is -5.41. The molecule has 2 aliphatic heterocycles. The predicted octanol–water partition coefficient (Wildman–Crippen LogP) is 2.41. The molecule has 5 rings (SSSR count). The van der Waals surface area contributed by atoms with Crippen molar-refractivity contribution in [2.75, 3.05) is 7.11 Å². The van der Waals surface area contributed by atoms with Crippen molar-refractivity contribution in [3.63, 3.8) is 0 Å². The first-order chi connectivity index (χ1) is 17.1. The van der Waals surface area contributed by atoms with Crippen LogP contribution in [0.5, 0.6) is 0 Å². The van der Waals surface area contributed by atoms with Gasteiger partial charge in [0.2, 0.25) is 5.60 Å². The monoisotopic (exact) mass is 516 g/mol. The van der Waals surface area contributed by atoms with Crippen molar-refractivity contribution in [2.45, 2.75) is 77.1 Å². The van der Waals surface area contributed by atoms with Crippen LogP contribution >= 0.6 is 0 Å². The molecule has 37 heavy (non-hydrogen) atoms. The highest BCUT2D eigenvalue weighted by Crippen LogP contribution is 2.77. The molecule has 4 aliphatic rings. The minimum Gasteiger partial charge on any atom is -0.472 e. The molecule has 1 aromatic heterocycles. The summed E-state index contributed by atoms with van der Waals surface area (Å²) in [6.45, 7) is 8.13. The number of rotatable bonds is 3. The van der Waals surface area contributed by atoms with Gasteiger partial charge in [-0.25, -0.2) is 4.79 Å². The minimum atomic E-state index is -2.88. The zero-order valence-corrected chi connectivity index (χ0v) is 21.8. The van der Waals surface area contributed by atoms with Gasteiger partial charge in [-0.05, 0) is 52.5 Å². The molecule has 3 heterocycles. The van der Waals surface area contributed by atoms with Crippen molar-refractivity contribution in [2.24, 2.45) is 28.1 Å². The molecule has 0 aromatic carbocycles. The van der Waals surface area contributed by atoms with Crippen LogP contribution in [-0.4, -0.2) is 58.5 Å². The molecule has 10 nitrogen and oxygen atoms in total. The second-order valence-corrected chi connectivity index (χ2v) is 12.0. The fourth-order valence-electron chi connectivity index (χ4n) is 8.75. The SMILES string of the molecule is COC(=O)C1(O)C(=O)C2(C)C(CCC1(C)C(=O)c1ccoc1)C1(C)OC(=O)CC13C2CC(=O)OC3(C)C.